The highest BCUT2D eigenvalue weighted by Crippen LogP contribution is 2.18. The number of anilines is 1. The third-order valence-corrected chi connectivity index (χ3v) is 2.41. The molecule has 0 spiro atoms. The Morgan fingerprint density at radius 3 is 2.32 bits per heavy atom. The smallest absolute Gasteiger partial charge is 0.449 e. The molecule has 2 N–H and O–H groups in total. The summed E-state index contributed by atoms with van der Waals surface area (Å²) in [6.45, 7) is 3.44. The molecular weight excluding hydrogens is 303 g/mol. The molecule has 120 valence electrons. The maximum Gasteiger partial charge on any atom is 0.471 e. The number of hydrogen-bond donors (Lipinski definition) is 2. The number of amides is 2. The number of alkyl halides is 3. The molecule has 0 aliphatic carbocycles. The Labute approximate surface area is 124 Å². The van der Waals surface area contributed by atoms with Crippen LogP contribution < -0.4 is 10.7 Å². The Bertz CT molecular complexity index is 568. The van der Waals surface area contributed by atoms with Gasteiger partial charge in [-0.25, -0.2) is 10.2 Å². The Balaban J connectivity index is 2.70. The number of ether oxygens (including phenoxy) is 1. The predicted molar refractivity (Wildman–Crippen MR) is 73.5 cm³/mol. The van der Waals surface area contributed by atoms with E-state index in [9.17, 15) is 22.8 Å². The highest BCUT2D eigenvalue weighted by Gasteiger charge is 2.38. The monoisotopic (exact) mass is 317 g/mol. The van der Waals surface area contributed by atoms with Crippen molar-refractivity contribution in [2.75, 3.05) is 11.9 Å². The highest BCUT2D eigenvalue weighted by atomic mass is 19.4. The van der Waals surface area contributed by atoms with Crippen LogP contribution in [-0.4, -0.2) is 30.5 Å². The van der Waals surface area contributed by atoms with Crippen LogP contribution in [0.3, 0.4) is 0 Å². The van der Waals surface area contributed by atoms with Gasteiger partial charge in [0.1, 0.15) is 0 Å². The zero-order valence-corrected chi connectivity index (χ0v) is 11.8. The van der Waals surface area contributed by atoms with Crippen LogP contribution in [0.2, 0.25) is 0 Å². The molecule has 0 radical (unpaired) electrons. The zero-order valence-electron chi connectivity index (χ0n) is 11.8. The Morgan fingerprint density at radius 2 is 1.82 bits per heavy atom. The van der Waals surface area contributed by atoms with Crippen molar-refractivity contribution in [1.82, 2.24) is 5.43 Å². The van der Waals surface area contributed by atoms with Crippen LogP contribution in [0.5, 0.6) is 0 Å². The topological polar surface area (TPSA) is 79.8 Å². The molecule has 0 atom stereocenters. The maximum atomic E-state index is 12.1. The summed E-state index contributed by atoms with van der Waals surface area (Å²) in [5.74, 6) is -2.05. The molecule has 0 aliphatic rings. The summed E-state index contributed by atoms with van der Waals surface area (Å²) in [7, 11) is 0. The van der Waals surface area contributed by atoms with E-state index in [-0.39, 0.29) is 12.3 Å². The quantitative estimate of drug-likeness (QED) is 0.662. The molecule has 1 rings (SSSR count). The minimum absolute atomic E-state index is 0.00257. The minimum Gasteiger partial charge on any atom is -0.449 e. The minimum atomic E-state index is -4.94. The van der Waals surface area contributed by atoms with Crippen molar-refractivity contribution in [3.8, 4) is 0 Å². The van der Waals surface area contributed by atoms with E-state index in [0.29, 0.717) is 11.3 Å². The molecular formula is C13H14F3N3O3. The van der Waals surface area contributed by atoms with Gasteiger partial charge in [0, 0.05) is 5.69 Å². The molecule has 0 saturated heterocycles. The number of hydrazone groups is 1. The van der Waals surface area contributed by atoms with Crippen molar-refractivity contribution < 1.29 is 27.5 Å². The molecule has 0 aliphatic heterocycles. The molecule has 0 bridgehead atoms. The first-order valence-electron chi connectivity index (χ1n) is 6.19. The lowest BCUT2D eigenvalue weighted by Crippen LogP contribution is -2.29. The molecule has 9 heteroatoms. The average molecular weight is 317 g/mol. The molecule has 1 aromatic carbocycles. The summed E-state index contributed by atoms with van der Waals surface area (Å²) < 4.78 is 40.9. The number of halogens is 3. The second-order valence-corrected chi connectivity index (χ2v) is 4.06. The zero-order chi connectivity index (χ0) is 16.8. The first kappa shape index (κ1) is 17.5. The normalized spacial score (nSPS) is 11.8. The van der Waals surface area contributed by atoms with E-state index in [4.69, 9.17) is 0 Å². The third kappa shape index (κ3) is 5.43. The van der Waals surface area contributed by atoms with Gasteiger partial charge in [0.05, 0.1) is 12.3 Å². The van der Waals surface area contributed by atoms with Crippen molar-refractivity contribution in [2.24, 2.45) is 5.10 Å². The number of nitrogens with one attached hydrogen (secondary N) is 2. The summed E-state index contributed by atoms with van der Waals surface area (Å²) in [5.41, 5.74) is 3.13. The lowest BCUT2D eigenvalue weighted by atomic mass is 10.1. The van der Waals surface area contributed by atoms with Crippen LogP contribution in [0.15, 0.2) is 29.4 Å². The van der Waals surface area contributed by atoms with Crippen molar-refractivity contribution in [3.63, 3.8) is 0 Å². The molecule has 0 saturated carbocycles. The van der Waals surface area contributed by atoms with Gasteiger partial charge in [-0.2, -0.15) is 18.3 Å². The fourth-order valence-electron chi connectivity index (χ4n) is 1.35. The van der Waals surface area contributed by atoms with Crippen molar-refractivity contribution >= 4 is 23.4 Å². The molecule has 0 aromatic heterocycles. The number of carbonyl (C=O) groups excluding carboxylic acids is 2. The van der Waals surface area contributed by atoms with Gasteiger partial charge in [-0.3, -0.25) is 4.79 Å². The Kier molecular flexibility index (Phi) is 5.90. The number of benzene rings is 1. The van der Waals surface area contributed by atoms with Crippen LogP contribution >= 0.6 is 0 Å². The average Bonchev–Trinajstić information content (AvgIpc) is 2.45. The molecule has 2 amide bonds. The standard InChI is InChI=1S/C13H14F3N3O3/c1-3-22-12(21)19-18-8(2)9-4-6-10(7-5-9)17-11(20)13(14,15)16/h4-7H,3H2,1-2H3,(H,17,20)(H,19,21)/b18-8-. The van der Waals surface area contributed by atoms with E-state index in [1.165, 1.54) is 24.3 Å². The first-order valence-corrected chi connectivity index (χ1v) is 6.19. The van der Waals surface area contributed by atoms with Gasteiger partial charge in [-0.05, 0) is 31.5 Å². The first-order chi connectivity index (χ1) is 10.2. The highest BCUT2D eigenvalue weighted by molar-refractivity contribution is 6.00. The molecule has 0 fully saturated rings. The third-order valence-electron chi connectivity index (χ3n) is 2.41. The van der Waals surface area contributed by atoms with Gasteiger partial charge in [0.25, 0.3) is 0 Å². The van der Waals surface area contributed by atoms with Gasteiger partial charge < -0.3 is 10.1 Å². The maximum absolute atomic E-state index is 12.1. The number of carbonyl (C=O) groups is 2. The predicted octanol–water partition coefficient (Wildman–Crippen LogP) is 2.66. The summed E-state index contributed by atoms with van der Waals surface area (Å²) >= 11 is 0. The second kappa shape index (κ2) is 7.43. The van der Waals surface area contributed by atoms with Gasteiger partial charge in [0.2, 0.25) is 0 Å². The molecule has 1 aromatic rings. The second-order valence-electron chi connectivity index (χ2n) is 4.06. The number of hydrogen-bond acceptors (Lipinski definition) is 4. The summed E-state index contributed by atoms with van der Waals surface area (Å²) in [4.78, 5) is 21.8. The number of rotatable bonds is 4. The van der Waals surface area contributed by atoms with Gasteiger partial charge in [-0.15, -0.1) is 0 Å². The molecule has 6 nitrogen and oxygen atoms in total. The van der Waals surface area contributed by atoms with Crippen molar-refractivity contribution in [1.29, 1.82) is 0 Å². The van der Waals surface area contributed by atoms with Crippen LogP contribution in [0.1, 0.15) is 19.4 Å². The summed E-state index contributed by atoms with van der Waals surface area (Å²) in [6.07, 6.45) is -5.66. The lowest BCUT2D eigenvalue weighted by molar-refractivity contribution is -0.167. The summed E-state index contributed by atoms with van der Waals surface area (Å²) in [6, 6.07) is 5.50. The Hall–Kier alpha value is -2.58. The van der Waals surface area contributed by atoms with E-state index in [0.717, 1.165) is 0 Å². The van der Waals surface area contributed by atoms with Gasteiger partial charge in [-0.1, -0.05) is 12.1 Å². The fraction of sp³-hybridized carbons (Fsp3) is 0.308. The van der Waals surface area contributed by atoms with Crippen molar-refractivity contribution in [3.05, 3.63) is 29.8 Å². The van der Waals surface area contributed by atoms with E-state index in [1.54, 1.807) is 19.2 Å². The van der Waals surface area contributed by atoms with E-state index < -0.39 is 18.2 Å². The fourth-order valence-corrected chi connectivity index (χ4v) is 1.35. The van der Waals surface area contributed by atoms with E-state index in [1.807, 2.05) is 0 Å². The van der Waals surface area contributed by atoms with Gasteiger partial charge in [0.15, 0.2) is 0 Å². The molecule has 0 heterocycles. The lowest BCUT2D eigenvalue weighted by Gasteiger charge is -2.08. The SMILES string of the molecule is CCOC(=O)N/N=C(/C)c1ccc(NC(=O)C(F)(F)F)cc1. The van der Waals surface area contributed by atoms with E-state index in [2.05, 4.69) is 15.3 Å². The van der Waals surface area contributed by atoms with Crippen LogP contribution in [-0.2, 0) is 9.53 Å². The Morgan fingerprint density at radius 1 is 1.23 bits per heavy atom. The van der Waals surface area contributed by atoms with Crippen molar-refractivity contribution in [2.45, 2.75) is 20.0 Å². The van der Waals surface area contributed by atoms with Crippen LogP contribution in [0.25, 0.3) is 0 Å². The van der Waals surface area contributed by atoms with Gasteiger partial charge >= 0.3 is 18.2 Å². The molecule has 22 heavy (non-hydrogen) atoms. The largest absolute Gasteiger partial charge is 0.471 e. The van der Waals surface area contributed by atoms with Crippen LogP contribution in [0.4, 0.5) is 23.7 Å². The molecule has 0 unspecified atom stereocenters. The van der Waals surface area contributed by atoms with Crippen LogP contribution in [0, 0.1) is 0 Å². The number of nitrogens with zero attached hydrogens (tertiary/aromatic N) is 1. The summed E-state index contributed by atoms with van der Waals surface area (Å²) in [5, 5.41) is 5.49. The van der Waals surface area contributed by atoms with E-state index >= 15 is 0 Å².